The average Bonchev–Trinajstić information content (AvgIpc) is 3.29. The van der Waals surface area contributed by atoms with Gasteiger partial charge in [0, 0.05) is 40.7 Å². The van der Waals surface area contributed by atoms with Crippen LogP contribution in [0.2, 0.25) is 0 Å². The zero-order chi connectivity index (χ0) is 22.3. The van der Waals surface area contributed by atoms with E-state index >= 15 is 0 Å². The first-order chi connectivity index (χ1) is 14.6. The molecule has 9 nitrogen and oxygen atoms in total. The molecule has 9 heteroatoms. The van der Waals surface area contributed by atoms with E-state index in [1.807, 2.05) is 38.1 Å². The number of carbonyl (C=O) groups excluding carboxylic acids is 1. The van der Waals surface area contributed by atoms with Crippen molar-refractivity contribution in [2.45, 2.75) is 46.5 Å². The van der Waals surface area contributed by atoms with E-state index in [0.717, 1.165) is 17.0 Å². The Morgan fingerprint density at radius 3 is 2.65 bits per heavy atom. The molecule has 0 aromatic carbocycles. The summed E-state index contributed by atoms with van der Waals surface area (Å²) in [5.74, 6) is 0.959. The maximum absolute atomic E-state index is 13.0. The Hall–Kier alpha value is -3.75. The number of aryl methyl sites for hydroxylation is 2. The molecular weight excluding hydrogens is 394 g/mol. The van der Waals surface area contributed by atoms with Gasteiger partial charge in [0.1, 0.15) is 5.82 Å². The number of hydrogen-bond acceptors (Lipinski definition) is 5. The van der Waals surface area contributed by atoms with E-state index in [2.05, 4.69) is 46.3 Å². The van der Waals surface area contributed by atoms with Gasteiger partial charge in [0.15, 0.2) is 11.5 Å². The molecule has 0 aliphatic carbocycles. The van der Waals surface area contributed by atoms with Crippen molar-refractivity contribution in [1.82, 2.24) is 29.4 Å². The van der Waals surface area contributed by atoms with E-state index in [4.69, 9.17) is 0 Å². The number of aromatic nitrogens is 6. The van der Waals surface area contributed by atoms with Crippen LogP contribution in [0.5, 0.6) is 0 Å². The number of pyridine rings is 1. The monoisotopic (exact) mass is 419 g/mol. The fraction of sp³-hybridized carbons (Fsp3) is 0.318. The molecule has 2 N–H and O–H groups in total. The topological polar surface area (TPSA) is 110 Å². The number of H-pyrrole nitrogens is 1. The van der Waals surface area contributed by atoms with Crippen LogP contribution >= 0.6 is 0 Å². The second-order valence-corrected chi connectivity index (χ2v) is 8.56. The maximum atomic E-state index is 13.0. The van der Waals surface area contributed by atoms with Gasteiger partial charge < -0.3 is 5.32 Å². The standard InChI is InChI=1S/C22H25N7O2/c1-13-15(14(2)28-19(24-13)12-21(31)27-28)10-20(30)25-18-11-16(22(3,4)5)26-29(18)17-8-6-7-9-23-17/h6-9,11-12H,10H2,1-5H3,(H,25,30)(H,27,31). The van der Waals surface area contributed by atoms with Gasteiger partial charge in [-0.1, -0.05) is 26.8 Å². The van der Waals surface area contributed by atoms with Crippen LogP contribution in [0.1, 0.15) is 43.4 Å². The zero-order valence-electron chi connectivity index (χ0n) is 18.2. The molecule has 0 aliphatic heterocycles. The Bertz CT molecular complexity index is 1320. The van der Waals surface area contributed by atoms with Gasteiger partial charge in [-0.25, -0.2) is 14.5 Å². The van der Waals surface area contributed by atoms with Crippen molar-refractivity contribution in [2.24, 2.45) is 0 Å². The van der Waals surface area contributed by atoms with Crippen molar-refractivity contribution < 1.29 is 4.79 Å². The Morgan fingerprint density at radius 2 is 1.97 bits per heavy atom. The first kappa shape index (κ1) is 20.5. The molecule has 0 saturated heterocycles. The Morgan fingerprint density at radius 1 is 1.19 bits per heavy atom. The van der Waals surface area contributed by atoms with Gasteiger partial charge in [0.05, 0.1) is 12.1 Å². The summed E-state index contributed by atoms with van der Waals surface area (Å²) >= 11 is 0. The van der Waals surface area contributed by atoms with Crippen molar-refractivity contribution in [1.29, 1.82) is 0 Å². The van der Waals surface area contributed by atoms with E-state index in [-0.39, 0.29) is 23.3 Å². The molecule has 0 radical (unpaired) electrons. The zero-order valence-corrected chi connectivity index (χ0v) is 18.2. The SMILES string of the molecule is Cc1nc2cc(=O)[nH]n2c(C)c1CC(=O)Nc1cc(C(C)(C)C)nn1-c1ccccn1. The van der Waals surface area contributed by atoms with Crippen molar-refractivity contribution in [3.05, 3.63) is 69.5 Å². The molecule has 0 bridgehead atoms. The fourth-order valence-corrected chi connectivity index (χ4v) is 3.45. The van der Waals surface area contributed by atoms with Crippen molar-refractivity contribution in [2.75, 3.05) is 5.32 Å². The number of nitrogens with zero attached hydrogens (tertiary/aromatic N) is 5. The van der Waals surface area contributed by atoms with Gasteiger partial charge >= 0.3 is 0 Å². The molecule has 1 amide bonds. The van der Waals surface area contributed by atoms with Crippen LogP contribution in [0.3, 0.4) is 0 Å². The minimum absolute atomic E-state index is 0.110. The van der Waals surface area contributed by atoms with Crippen molar-refractivity contribution >= 4 is 17.4 Å². The molecule has 4 aromatic heterocycles. The molecular formula is C22H25N7O2. The molecule has 0 aliphatic rings. The van der Waals surface area contributed by atoms with Gasteiger partial charge in [-0.2, -0.15) is 9.78 Å². The highest BCUT2D eigenvalue weighted by Gasteiger charge is 2.22. The second kappa shape index (κ2) is 7.50. The van der Waals surface area contributed by atoms with Crippen molar-refractivity contribution in [3.8, 4) is 5.82 Å². The number of nitrogens with one attached hydrogen (secondary N) is 2. The minimum Gasteiger partial charge on any atom is -0.310 e. The van der Waals surface area contributed by atoms with Crippen LogP contribution in [0, 0.1) is 13.8 Å². The molecule has 160 valence electrons. The van der Waals surface area contributed by atoms with Gasteiger partial charge in [-0.15, -0.1) is 0 Å². The van der Waals surface area contributed by atoms with Gasteiger partial charge in [0.2, 0.25) is 5.91 Å². The number of carbonyl (C=O) groups is 1. The highest BCUT2D eigenvalue weighted by atomic mass is 16.1. The van der Waals surface area contributed by atoms with Crippen LogP contribution in [0.15, 0.2) is 41.3 Å². The third-order valence-corrected chi connectivity index (χ3v) is 5.15. The molecule has 0 unspecified atom stereocenters. The van der Waals surface area contributed by atoms with E-state index < -0.39 is 0 Å². The number of hydrogen-bond donors (Lipinski definition) is 2. The third-order valence-electron chi connectivity index (χ3n) is 5.15. The quantitative estimate of drug-likeness (QED) is 0.528. The largest absolute Gasteiger partial charge is 0.310 e. The van der Waals surface area contributed by atoms with Crippen LogP contribution in [0.25, 0.3) is 11.5 Å². The molecule has 0 spiro atoms. The average molecular weight is 419 g/mol. The van der Waals surface area contributed by atoms with Gasteiger partial charge in [0.25, 0.3) is 5.56 Å². The summed E-state index contributed by atoms with van der Waals surface area (Å²) in [7, 11) is 0. The number of aromatic amines is 1. The number of anilines is 1. The molecule has 4 heterocycles. The molecule has 31 heavy (non-hydrogen) atoms. The molecule has 0 fully saturated rings. The predicted octanol–water partition coefficient (Wildman–Crippen LogP) is 2.70. The van der Waals surface area contributed by atoms with Gasteiger partial charge in [-0.3, -0.25) is 14.7 Å². The van der Waals surface area contributed by atoms with Crippen LogP contribution in [-0.2, 0) is 16.6 Å². The Balaban J connectivity index is 1.67. The predicted molar refractivity (Wildman–Crippen MR) is 118 cm³/mol. The fourth-order valence-electron chi connectivity index (χ4n) is 3.45. The van der Waals surface area contributed by atoms with Crippen LogP contribution in [0.4, 0.5) is 5.82 Å². The second-order valence-electron chi connectivity index (χ2n) is 8.56. The molecule has 4 aromatic rings. The summed E-state index contributed by atoms with van der Waals surface area (Å²) in [4.78, 5) is 33.5. The van der Waals surface area contributed by atoms with E-state index in [1.54, 1.807) is 15.4 Å². The first-order valence-corrected chi connectivity index (χ1v) is 10.0. The van der Waals surface area contributed by atoms with Crippen LogP contribution in [-0.4, -0.2) is 35.3 Å². The summed E-state index contributed by atoms with van der Waals surface area (Å²) < 4.78 is 3.25. The normalized spacial score (nSPS) is 11.8. The summed E-state index contributed by atoms with van der Waals surface area (Å²) in [6.45, 7) is 9.89. The number of amides is 1. The summed E-state index contributed by atoms with van der Waals surface area (Å²) in [5.41, 5.74) is 3.19. The summed E-state index contributed by atoms with van der Waals surface area (Å²) in [5, 5.41) is 10.4. The van der Waals surface area contributed by atoms with E-state index in [9.17, 15) is 9.59 Å². The third kappa shape index (κ3) is 3.98. The van der Waals surface area contributed by atoms with E-state index in [1.165, 1.54) is 6.07 Å². The summed E-state index contributed by atoms with van der Waals surface area (Å²) in [6, 6.07) is 8.85. The molecule has 0 atom stereocenters. The summed E-state index contributed by atoms with van der Waals surface area (Å²) in [6.07, 6.45) is 1.80. The number of rotatable bonds is 4. The first-order valence-electron chi connectivity index (χ1n) is 10.0. The van der Waals surface area contributed by atoms with Gasteiger partial charge in [-0.05, 0) is 26.0 Å². The van der Waals surface area contributed by atoms with E-state index in [0.29, 0.717) is 23.0 Å². The molecule has 4 rings (SSSR count). The van der Waals surface area contributed by atoms with Crippen LogP contribution < -0.4 is 10.9 Å². The molecule has 0 saturated carbocycles. The lowest BCUT2D eigenvalue weighted by atomic mass is 9.92. The minimum atomic E-state index is -0.231. The highest BCUT2D eigenvalue weighted by Crippen LogP contribution is 2.26. The Kier molecular flexibility index (Phi) is 4.96. The lowest BCUT2D eigenvalue weighted by molar-refractivity contribution is -0.115. The number of fused-ring (bicyclic) bond motifs is 1. The van der Waals surface area contributed by atoms with Crippen molar-refractivity contribution in [3.63, 3.8) is 0 Å². The highest BCUT2D eigenvalue weighted by molar-refractivity contribution is 5.92. The lowest BCUT2D eigenvalue weighted by Crippen LogP contribution is -2.20. The lowest BCUT2D eigenvalue weighted by Gasteiger charge is -2.13. The smallest absolute Gasteiger partial charge is 0.266 e. The Labute approximate surface area is 179 Å². The maximum Gasteiger partial charge on any atom is 0.266 e.